The summed E-state index contributed by atoms with van der Waals surface area (Å²) in [6.07, 6.45) is 4.86. The molecule has 1 aliphatic rings. The molecule has 2 N–H and O–H groups in total. The van der Waals surface area contributed by atoms with Crippen LogP contribution in [-0.2, 0) is 11.8 Å². The summed E-state index contributed by atoms with van der Waals surface area (Å²) in [5.74, 6) is -0.201. The standard InChI is InChI=1S/C22H23FN6O3/c1-4-18(30)13-10-24-19(27-22(31)12-5-6-12)9-16(13)26-15-8-7-14(23)20(21(15)32-3)17-11-25-29(2)28-17/h7-12H,4-6H2,1-3H3,(H2,24,26,27,31). The van der Waals surface area contributed by atoms with Crippen LogP contribution in [0, 0.1) is 11.7 Å². The molecule has 10 heteroatoms. The van der Waals surface area contributed by atoms with E-state index < -0.39 is 5.82 Å². The highest BCUT2D eigenvalue weighted by Gasteiger charge is 2.30. The summed E-state index contributed by atoms with van der Waals surface area (Å²) in [6, 6.07) is 4.39. The number of nitrogens with zero attached hydrogens (tertiary/aromatic N) is 4. The molecule has 1 aromatic carbocycles. The number of ether oxygens (including phenoxy) is 1. The Balaban J connectivity index is 1.75. The third-order valence-corrected chi connectivity index (χ3v) is 5.16. The Morgan fingerprint density at radius 2 is 2.03 bits per heavy atom. The number of methoxy groups -OCH3 is 1. The van der Waals surface area contributed by atoms with Gasteiger partial charge in [-0.3, -0.25) is 9.59 Å². The first-order valence-corrected chi connectivity index (χ1v) is 10.3. The predicted molar refractivity (Wildman–Crippen MR) is 116 cm³/mol. The second kappa shape index (κ2) is 8.74. The van der Waals surface area contributed by atoms with E-state index in [1.165, 1.54) is 36.4 Å². The zero-order chi connectivity index (χ0) is 22.8. The van der Waals surface area contributed by atoms with Gasteiger partial charge in [-0.1, -0.05) is 6.92 Å². The first-order valence-electron chi connectivity index (χ1n) is 10.3. The quantitative estimate of drug-likeness (QED) is 0.516. The van der Waals surface area contributed by atoms with Crippen LogP contribution in [0.2, 0.25) is 0 Å². The zero-order valence-corrected chi connectivity index (χ0v) is 18.0. The van der Waals surface area contributed by atoms with Crippen molar-refractivity contribution in [3.63, 3.8) is 0 Å². The third-order valence-electron chi connectivity index (χ3n) is 5.16. The number of carbonyl (C=O) groups is 2. The first kappa shape index (κ1) is 21.4. The van der Waals surface area contributed by atoms with Crippen molar-refractivity contribution in [3.8, 4) is 17.0 Å². The predicted octanol–water partition coefficient (Wildman–Crippen LogP) is 3.71. The Morgan fingerprint density at radius 1 is 1.25 bits per heavy atom. The maximum Gasteiger partial charge on any atom is 0.228 e. The molecule has 0 aliphatic heterocycles. The minimum absolute atomic E-state index is 0.0110. The number of Topliss-reactive ketones (excluding diaryl/α,β-unsaturated/α-hetero) is 1. The molecule has 1 aliphatic carbocycles. The van der Waals surface area contributed by atoms with Crippen molar-refractivity contribution in [3.05, 3.63) is 42.0 Å². The van der Waals surface area contributed by atoms with Gasteiger partial charge in [0.15, 0.2) is 11.5 Å². The fraction of sp³-hybridized carbons (Fsp3) is 0.318. The molecule has 0 radical (unpaired) electrons. The zero-order valence-electron chi connectivity index (χ0n) is 18.0. The van der Waals surface area contributed by atoms with E-state index in [2.05, 4.69) is 25.8 Å². The molecule has 3 aromatic rings. The van der Waals surface area contributed by atoms with Gasteiger partial charge < -0.3 is 15.4 Å². The summed E-state index contributed by atoms with van der Waals surface area (Å²) in [5.41, 5.74) is 1.65. The Morgan fingerprint density at radius 3 is 2.66 bits per heavy atom. The van der Waals surface area contributed by atoms with Crippen LogP contribution in [0.15, 0.2) is 30.6 Å². The molecular weight excluding hydrogens is 415 g/mol. The average Bonchev–Trinajstić information content (AvgIpc) is 3.55. The molecule has 0 unspecified atom stereocenters. The van der Waals surface area contributed by atoms with E-state index in [-0.39, 0.29) is 35.3 Å². The topological polar surface area (TPSA) is 111 Å². The highest BCUT2D eigenvalue weighted by atomic mass is 19.1. The van der Waals surface area contributed by atoms with E-state index in [1.807, 2.05) is 0 Å². The largest absolute Gasteiger partial charge is 0.494 e. The monoisotopic (exact) mass is 438 g/mol. The summed E-state index contributed by atoms with van der Waals surface area (Å²) in [7, 11) is 3.05. The van der Waals surface area contributed by atoms with Gasteiger partial charge in [-0.15, -0.1) is 0 Å². The maximum absolute atomic E-state index is 14.7. The number of benzene rings is 1. The number of amides is 1. The SMILES string of the molecule is CCC(=O)c1cnc(NC(=O)C2CC2)cc1Nc1ccc(F)c(-c2cnn(C)n2)c1OC. The van der Waals surface area contributed by atoms with Crippen LogP contribution in [-0.4, -0.2) is 38.8 Å². The van der Waals surface area contributed by atoms with Crippen molar-refractivity contribution >= 4 is 28.9 Å². The van der Waals surface area contributed by atoms with Gasteiger partial charge in [0.2, 0.25) is 5.91 Å². The van der Waals surface area contributed by atoms with Crippen molar-refractivity contribution in [2.24, 2.45) is 13.0 Å². The smallest absolute Gasteiger partial charge is 0.228 e. The number of aromatic nitrogens is 4. The molecule has 0 bridgehead atoms. The van der Waals surface area contributed by atoms with Crippen LogP contribution in [0.3, 0.4) is 0 Å². The Bertz CT molecular complexity index is 1190. The number of aryl methyl sites for hydroxylation is 1. The fourth-order valence-corrected chi connectivity index (χ4v) is 3.33. The van der Waals surface area contributed by atoms with E-state index in [4.69, 9.17) is 4.74 Å². The normalized spacial score (nSPS) is 13.0. The van der Waals surface area contributed by atoms with E-state index in [9.17, 15) is 14.0 Å². The van der Waals surface area contributed by atoms with E-state index >= 15 is 0 Å². The second-order valence-electron chi connectivity index (χ2n) is 7.50. The summed E-state index contributed by atoms with van der Waals surface area (Å²) < 4.78 is 20.2. The van der Waals surface area contributed by atoms with Gasteiger partial charge in [0, 0.05) is 31.6 Å². The minimum Gasteiger partial charge on any atom is -0.494 e. The molecule has 2 heterocycles. The Hall–Kier alpha value is -3.82. The van der Waals surface area contributed by atoms with Crippen LogP contribution in [0.5, 0.6) is 5.75 Å². The molecule has 0 atom stereocenters. The van der Waals surface area contributed by atoms with Crippen LogP contribution in [0.25, 0.3) is 11.3 Å². The number of rotatable bonds is 8. The van der Waals surface area contributed by atoms with Crippen molar-refractivity contribution in [2.75, 3.05) is 17.7 Å². The van der Waals surface area contributed by atoms with Crippen molar-refractivity contribution in [1.82, 2.24) is 20.0 Å². The molecular formula is C22H23FN6O3. The number of ketones is 1. The van der Waals surface area contributed by atoms with Gasteiger partial charge in [0.1, 0.15) is 17.3 Å². The Labute approximate surface area is 184 Å². The molecule has 2 aromatic heterocycles. The van der Waals surface area contributed by atoms with Gasteiger partial charge in [-0.2, -0.15) is 15.0 Å². The highest BCUT2D eigenvalue weighted by Crippen LogP contribution is 2.40. The lowest BCUT2D eigenvalue weighted by atomic mass is 10.1. The number of hydrogen-bond donors (Lipinski definition) is 2. The van der Waals surface area contributed by atoms with Crippen LogP contribution in [0.1, 0.15) is 36.5 Å². The molecule has 166 valence electrons. The molecule has 1 amide bonds. The van der Waals surface area contributed by atoms with Crippen LogP contribution < -0.4 is 15.4 Å². The molecule has 32 heavy (non-hydrogen) atoms. The lowest BCUT2D eigenvalue weighted by Crippen LogP contribution is -2.15. The molecule has 0 saturated heterocycles. The number of pyridine rings is 1. The number of anilines is 3. The summed E-state index contributed by atoms with van der Waals surface area (Å²) in [5, 5.41) is 14.1. The van der Waals surface area contributed by atoms with Gasteiger partial charge in [-0.05, 0) is 25.0 Å². The first-order chi connectivity index (χ1) is 15.4. The molecule has 0 spiro atoms. The average molecular weight is 438 g/mol. The van der Waals surface area contributed by atoms with Gasteiger partial charge in [-0.25, -0.2) is 9.37 Å². The second-order valence-corrected chi connectivity index (χ2v) is 7.50. The number of carbonyl (C=O) groups excluding carboxylic acids is 2. The van der Waals surface area contributed by atoms with Crippen molar-refractivity contribution < 1.29 is 18.7 Å². The van der Waals surface area contributed by atoms with E-state index in [0.717, 1.165) is 12.8 Å². The van der Waals surface area contributed by atoms with Gasteiger partial charge >= 0.3 is 0 Å². The lowest BCUT2D eigenvalue weighted by molar-refractivity contribution is -0.117. The lowest BCUT2D eigenvalue weighted by Gasteiger charge is -2.17. The van der Waals surface area contributed by atoms with Gasteiger partial charge in [0.25, 0.3) is 0 Å². The number of hydrogen-bond acceptors (Lipinski definition) is 7. The van der Waals surface area contributed by atoms with E-state index in [0.29, 0.717) is 28.5 Å². The molecule has 4 rings (SSSR count). The Kier molecular flexibility index (Phi) is 5.85. The molecule has 1 saturated carbocycles. The van der Waals surface area contributed by atoms with Crippen molar-refractivity contribution in [1.29, 1.82) is 0 Å². The fourth-order valence-electron chi connectivity index (χ4n) is 3.33. The third kappa shape index (κ3) is 4.29. The number of nitrogens with one attached hydrogen (secondary N) is 2. The number of halogens is 1. The summed E-state index contributed by atoms with van der Waals surface area (Å²) in [6.45, 7) is 1.75. The van der Waals surface area contributed by atoms with Crippen LogP contribution in [0.4, 0.5) is 21.6 Å². The minimum atomic E-state index is -0.523. The molecule has 9 nitrogen and oxygen atoms in total. The van der Waals surface area contributed by atoms with Crippen LogP contribution >= 0.6 is 0 Å². The summed E-state index contributed by atoms with van der Waals surface area (Å²) >= 11 is 0. The van der Waals surface area contributed by atoms with Gasteiger partial charge in [0.05, 0.1) is 35.8 Å². The van der Waals surface area contributed by atoms with Crippen molar-refractivity contribution in [2.45, 2.75) is 26.2 Å². The maximum atomic E-state index is 14.7. The summed E-state index contributed by atoms with van der Waals surface area (Å²) in [4.78, 5) is 30.2. The van der Waals surface area contributed by atoms with E-state index in [1.54, 1.807) is 20.0 Å². The molecule has 1 fully saturated rings. The highest BCUT2D eigenvalue weighted by molar-refractivity contribution is 6.03.